The molecule has 16 heavy (non-hydrogen) atoms. The Morgan fingerprint density at radius 2 is 2.00 bits per heavy atom. The van der Waals surface area contributed by atoms with Crippen LogP contribution in [0.5, 0.6) is 0 Å². The van der Waals surface area contributed by atoms with Crippen LogP contribution in [0.2, 0.25) is 0 Å². The molecule has 0 atom stereocenters. The molecule has 0 radical (unpaired) electrons. The van der Waals surface area contributed by atoms with Gasteiger partial charge < -0.3 is 10.3 Å². The van der Waals surface area contributed by atoms with E-state index in [4.69, 9.17) is 10.3 Å². The molecule has 2 aromatic rings. The minimum atomic E-state index is 0. The van der Waals surface area contributed by atoms with Crippen LogP contribution in [0, 0.1) is 6.92 Å². The van der Waals surface area contributed by atoms with Crippen molar-refractivity contribution in [3.8, 4) is 0 Å². The van der Waals surface area contributed by atoms with Crippen LogP contribution in [0.4, 0.5) is 5.69 Å². The highest BCUT2D eigenvalue weighted by molar-refractivity contribution is 5.85. The smallest absolute Gasteiger partial charge is 0.226 e. The van der Waals surface area contributed by atoms with Crippen molar-refractivity contribution in [2.24, 2.45) is 0 Å². The molecule has 1 aromatic carbocycles. The Bertz CT molecular complexity index is 456. The molecule has 2 N–H and O–H groups in total. The molecule has 1 aromatic heterocycles. The molecule has 0 aliphatic rings. The van der Waals surface area contributed by atoms with E-state index in [1.165, 1.54) is 0 Å². The van der Waals surface area contributed by atoms with Crippen LogP contribution in [-0.2, 0) is 12.8 Å². The van der Waals surface area contributed by atoms with E-state index in [-0.39, 0.29) is 12.4 Å². The summed E-state index contributed by atoms with van der Waals surface area (Å²) in [6, 6.07) is 7.81. The van der Waals surface area contributed by atoms with Crippen molar-refractivity contribution in [1.82, 2.24) is 10.1 Å². The van der Waals surface area contributed by atoms with Gasteiger partial charge in [0.05, 0.1) is 0 Å². The van der Waals surface area contributed by atoms with E-state index in [1.807, 2.05) is 31.2 Å². The lowest BCUT2D eigenvalue weighted by atomic mass is 10.1. The number of benzene rings is 1. The Balaban J connectivity index is 0.00000128. The van der Waals surface area contributed by atoms with Crippen LogP contribution in [0.25, 0.3) is 0 Å². The molecule has 2 rings (SSSR count). The van der Waals surface area contributed by atoms with Crippen molar-refractivity contribution >= 4 is 18.1 Å². The molecule has 86 valence electrons. The molecular weight excluding hydrogens is 226 g/mol. The van der Waals surface area contributed by atoms with Crippen LogP contribution in [-0.4, -0.2) is 10.1 Å². The molecule has 0 saturated carbocycles. The molecule has 1 heterocycles. The van der Waals surface area contributed by atoms with Crippen molar-refractivity contribution in [3.63, 3.8) is 0 Å². The summed E-state index contributed by atoms with van der Waals surface area (Å²) in [6.45, 7) is 1.81. The van der Waals surface area contributed by atoms with Gasteiger partial charge in [-0.1, -0.05) is 23.4 Å². The number of nitrogen functional groups attached to an aromatic ring is 1. The van der Waals surface area contributed by atoms with E-state index >= 15 is 0 Å². The maximum absolute atomic E-state index is 5.82. The van der Waals surface area contributed by atoms with Gasteiger partial charge in [0.25, 0.3) is 0 Å². The molecule has 0 bridgehead atoms. The zero-order chi connectivity index (χ0) is 10.7. The van der Waals surface area contributed by atoms with Gasteiger partial charge in [0, 0.05) is 12.1 Å². The van der Waals surface area contributed by atoms with E-state index in [9.17, 15) is 0 Å². The van der Waals surface area contributed by atoms with Gasteiger partial charge in [-0.25, -0.2) is 0 Å². The predicted molar refractivity (Wildman–Crippen MR) is 64.5 cm³/mol. The van der Waals surface area contributed by atoms with Gasteiger partial charge in [-0.05, 0) is 25.0 Å². The summed E-state index contributed by atoms with van der Waals surface area (Å²) >= 11 is 0. The Hall–Kier alpha value is -1.55. The van der Waals surface area contributed by atoms with Crippen molar-refractivity contribution < 1.29 is 4.52 Å². The van der Waals surface area contributed by atoms with Crippen molar-refractivity contribution in [1.29, 1.82) is 0 Å². The number of nitrogens with zero attached hydrogens (tertiary/aromatic N) is 2. The molecule has 5 heteroatoms. The van der Waals surface area contributed by atoms with Crippen LogP contribution >= 0.6 is 12.4 Å². The van der Waals surface area contributed by atoms with Gasteiger partial charge in [0.2, 0.25) is 5.89 Å². The lowest BCUT2D eigenvalue weighted by Gasteiger charge is -2.02. The number of anilines is 1. The van der Waals surface area contributed by atoms with Gasteiger partial charge in [-0.3, -0.25) is 0 Å². The van der Waals surface area contributed by atoms with E-state index in [0.717, 1.165) is 24.1 Å². The van der Waals surface area contributed by atoms with Crippen LogP contribution in [0.1, 0.15) is 17.3 Å². The van der Waals surface area contributed by atoms with Gasteiger partial charge in [0.15, 0.2) is 5.82 Å². The second kappa shape index (κ2) is 5.51. The fourth-order valence-corrected chi connectivity index (χ4v) is 1.45. The topological polar surface area (TPSA) is 64.9 Å². The van der Waals surface area contributed by atoms with Gasteiger partial charge in [-0.2, -0.15) is 4.98 Å². The third-order valence-electron chi connectivity index (χ3n) is 2.23. The Kier molecular flexibility index (Phi) is 4.31. The second-order valence-corrected chi connectivity index (χ2v) is 3.43. The Labute approximate surface area is 100 Å². The van der Waals surface area contributed by atoms with E-state index in [1.54, 1.807) is 0 Å². The third kappa shape index (κ3) is 2.97. The van der Waals surface area contributed by atoms with E-state index < -0.39 is 0 Å². The first-order valence-corrected chi connectivity index (χ1v) is 4.88. The lowest BCUT2D eigenvalue weighted by molar-refractivity contribution is 0.375. The number of halogens is 1. The van der Waals surface area contributed by atoms with Crippen molar-refractivity contribution in [3.05, 3.63) is 41.5 Å². The van der Waals surface area contributed by atoms with Crippen LogP contribution < -0.4 is 5.73 Å². The second-order valence-electron chi connectivity index (χ2n) is 3.43. The SMILES string of the molecule is Cc1noc(CCc2ccccc2N)n1.Cl. The summed E-state index contributed by atoms with van der Waals surface area (Å²) in [4.78, 5) is 4.14. The largest absolute Gasteiger partial charge is 0.399 e. The highest BCUT2D eigenvalue weighted by atomic mass is 35.5. The zero-order valence-electron chi connectivity index (χ0n) is 9.01. The number of nitrogens with two attached hydrogens (primary N) is 1. The summed E-state index contributed by atoms with van der Waals surface area (Å²) in [5, 5.41) is 3.73. The number of rotatable bonds is 3. The Morgan fingerprint density at radius 3 is 2.62 bits per heavy atom. The lowest BCUT2D eigenvalue weighted by Crippen LogP contribution is -1.96. The summed E-state index contributed by atoms with van der Waals surface area (Å²) in [6.07, 6.45) is 1.56. The maximum Gasteiger partial charge on any atom is 0.226 e. The third-order valence-corrected chi connectivity index (χ3v) is 2.23. The summed E-state index contributed by atoms with van der Waals surface area (Å²) in [5.41, 5.74) is 7.76. The predicted octanol–water partition coefficient (Wildman–Crippen LogP) is 2.17. The zero-order valence-corrected chi connectivity index (χ0v) is 9.83. The first-order valence-electron chi connectivity index (χ1n) is 4.88. The molecular formula is C11H14ClN3O. The van der Waals surface area contributed by atoms with Crippen molar-refractivity contribution in [2.75, 3.05) is 5.73 Å². The normalized spacial score (nSPS) is 9.81. The monoisotopic (exact) mass is 239 g/mol. The Morgan fingerprint density at radius 1 is 1.25 bits per heavy atom. The average molecular weight is 240 g/mol. The number of para-hydroxylation sites is 1. The highest BCUT2D eigenvalue weighted by Crippen LogP contribution is 2.13. The number of hydrogen-bond donors (Lipinski definition) is 1. The average Bonchev–Trinajstić information content (AvgIpc) is 2.63. The van der Waals surface area contributed by atoms with E-state index in [2.05, 4.69) is 10.1 Å². The van der Waals surface area contributed by atoms with Crippen LogP contribution in [0.15, 0.2) is 28.8 Å². The van der Waals surface area contributed by atoms with Crippen LogP contribution in [0.3, 0.4) is 0 Å². The van der Waals surface area contributed by atoms with Gasteiger partial charge in [0.1, 0.15) is 0 Å². The summed E-state index contributed by atoms with van der Waals surface area (Å²) in [5.74, 6) is 1.33. The van der Waals surface area contributed by atoms with E-state index in [0.29, 0.717) is 11.7 Å². The van der Waals surface area contributed by atoms with Crippen molar-refractivity contribution in [2.45, 2.75) is 19.8 Å². The molecule has 0 unspecified atom stereocenters. The fraction of sp³-hybridized carbons (Fsp3) is 0.273. The summed E-state index contributed by atoms with van der Waals surface area (Å²) in [7, 11) is 0. The molecule has 4 nitrogen and oxygen atoms in total. The molecule has 0 aliphatic heterocycles. The van der Waals surface area contributed by atoms with Gasteiger partial charge in [-0.15, -0.1) is 12.4 Å². The molecule has 0 amide bonds. The number of hydrogen-bond acceptors (Lipinski definition) is 4. The standard InChI is InChI=1S/C11H13N3O.ClH/c1-8-13-11(15-14-8)7-6-9-4-2-3-5-10(9)12;/h2-5H,6-7,12H2,1H3;1H. The molecule has 0 saturated heterocycles. The minimum Gasteiger partial charge on any atom is -0.399 e. The van der Waals surface area contributed by atoms with Gasteiger partial charge >= 0.3 is 0 Å². The molecule has 0 spiro atoms. The maximum atomic E-state index is 5.82. The highest BCUT2D eigenvalue weighted by Gasteiger charge is 2.04. The first-order chi connectivity index (χ1) is 7.25. The number of aryl methyl sites for hydroxylation is 3. The molecule has 0 fully saturated rings. The number of aromatic nitrogens is 2. The molecule has 0 aliphatic carbocycles. The summed E-state index contributed by atoms with van der Waals surface area (Å²) < 4.78 is 5.02. The quantitative estimate of drug-likeness (QED) is 0.834. The first kappa shape index (κ1) is 12.5. The minimum absolute atomic E-state index is 0. The fourth-order valence-electron chi connectivity index (χ4n) is 1.45.